The van der Waals surface area contributed by atoms with Crippen LogP contribution >= 0.6 is 11.6 Å². The highest BCUT2D eigenvalue weighted by Crippen LogP contribution is 2.52. The third-order valence-electron chi connectivity index (χ3n) is 6.34. The summed E-state index contributed by atoms with van der Waals surface area (Å²) in [5.74, 6) is 0.622. The molecule has 32 heavy (non-hydrogen) atoms. The number of benzene rings is 2. The molecular formula is C25H23ClN2O4. The molecule has 1 saturated carbocycles. The molecule has 0 aromatic heterocycles. The molecular weight excluding hydrogens is 428 g/mol. The van der Waals surface area contributed by atoms with Crippen molar-refractivity contribution in [1.82, 2.24) is 5.01 Å². The van der Waals surface area contributed by atoms with Gasteiger partial charge in [-0.05, 0) is 66.6 Å². The SMILES string of the molecule is CCOc1cc(C=NN2C(=O)C3C4C=CC(C4)C3C2=O)ccc1OCc1ccc(Cl)cc1. The second-order valence-electron chi connectivity index (χ2n) is 8.29. The van der Waals surface area contributed by atoms with Crippen LogP contribution in [-0.2, 0) is 16.2 Å². The number of imide groups is 1. The van der Waals surface area contributed by atoms with Crippen LogP contribution in [0.5, 0.6) is 11.5 Å². The van der Waals surface area contributed by atoms with Gasteiger partial charge >= 0.3 is 0 Å². The van der Waals surface area contributed by atoms with Gasteiger partial charge < -0.3 is 9.47 Å². The molecule has 4 unspecified atom stereocenters. The minimum absolute atomic E-state index is 0.170. The standard InChI is InChI=1S/C25H23ClN2O4/c1-2-31-21-11-16(5-10-20(21)32-14-15-3-8-19(26)9-4-15)13-27-28-24(29)22-17-6-7-18(12-17)23(22)25(28)30/h3-11,13,17-18,22-23H,2,12,14H2,1H3. The van der Waals surface area contributed by atoms with Gasteiger partial charge in [-0.2, -0.15) is 10.1 Å². The van der Waals surface area contributed by atoms with Crippen LogP contribution in [0.2, 0.25) is 5.02 Å². The first-order valence-electron chi connectivity index (χ1n) is 10.8. The highest BCUT2D eigenvalue weighted by molar-refractivity contribution is 6.30. The van der Waals surface area contributed by atoms with E-state index in [2.05, 4.69) is 17.3 Å². The fraction of sp³-hybridized carbons (Fsp3) is 0.320. The van der Waals surface area contributed by atoms with Crippen molar-refractivity contribution in [3.8, 4) is 11.5 Å². The Labute approximate surface area is 191 Å². The van der Waals surface area contributed by atoms with Gasteiger partial charge in [0.2, 0.25) is 0 Å². The van der Waals surface area contributed by atoms with E-state index in [1.165, 1.54) is 6.21 Å². The summed E-state index contributed by atoms with van der Waals surface area (Å²) < 4.78 is 11.7. The van der Waals surface area contributed by atoms with Gasteiger partial charge in [-0.25, -0.2) is 0 Å². The predicted octanol–water partition coefficient (Wildman–Crippen LogP) is 4.46. The van der Waals surface area contributed by atoms with Crippen LogP contribution in [0.15, 0.2) is 59.7 Å². The molecule has 2 bridgehead atoms. The summed E-state index contributed by atoms with van der Waals surface area (Å²) in [4.78, 5) is 25.6. The molecule has 2 aliphatic carbocycles. The molecule has 2 aromatic carbocycles. The predicted molar refractivity (Wildman–Crippen MR) is 121 cm³/mol. The molecule has 2 aromatic rings. The van der Waals surface area contributed by atoms with Crippen molar-refractivity contribution in [2.45, 2.75) is 20.0 Å². The first-order valence-corrected chi connectivity index (χ1v) is 11.2. The number of nitrogens with zero attached hydrogens (tertiary/aromatic N) is 2. The maximum Gasteiger partial charge on any atom is 0.254 e. The molecule has 6 nitrogen and oxygen atoms in total. The summed E-state index contributed by atoms with van der Waals surface area (Å²) in [6.45, 7) is 2.74. The lowest BCUT2D eigenvalue weighted by Gasteiger charge is -2.13. The number of halogens is 1. The van der Waals surface area contributed by atoms with Crippen molar-refractivity contribution < 1.29 is 19.1 Å². The van der Waals surface area contributed by atoms with E-state index in [0.29, 0.717) is 35.3 Å². The zero-order valence-corrected chi connectivity index (χ0v) is 18.4. The van der Waals surface area contributed by atoms with Crippen molar-refractivity contribution in [3.05, 3.63) is 70.8 Å². The summed E-state index contributed by atoms with van der Waals surface area (Å²) in [6, 6.07) is 12.9. The van der Waals surface area contributed by atoms with Gasteiger partial charge in [-0.15, -0.1) is 0 Å². The number of allylic oxidation sites excluding steroid dienone is 2. The van der Waals surface area contributed by atoms with Crippen LogP contribution in [0.25, 0.3) is 0 Å². The molecule has 0 N–H and O–H groups in total. The molecule has 1 saturated heterocycles. The van der Waals surface area contributed by atoms with E-state index in [1.54, 1.807) is 12.1 Å². The first-order chi connectivity index (χ1) is 15.5. The van der Waals surface area contributed by atoms with Gasteiger partial charge in [0.05, 0.1) is 24.7 Å². The van der Waals surface area contributed by atoms with Gasteiger partial charge in [-0.1, -0.05) is 35.9 Å². The number of carbonyl (C=O) groups is 2. The number of ether oxygens (including phenoxy) is 2. The number of rotatable bonds is 7. The number of amides is 2. The zero-order chi connectivity index (χ0) is 22.2. The fourth-order valence-corrected chi connectivity index (χ4v) is 4.99. The van der Waals surface area contributed by atoms with Crippen molar-refractivity contribution in [3.63, 3.8) is 0 Å². The summed E-state index contributed by atoms with van der Waals surface area (Å²) in [5.41, 5.74) is 1.70. The molecule has 4 atom stereocenters. The smallest absolute Gasteiger partial charge is 0.254 e. The Kier molecular flexibility index (Phi) is 5.47. The Hall–Kier alpha value is -3.12. The molecule has 5 rings (SSSR count). The van der Waals surface area contributed by atoms with E-state index in [9.17, 15) is 9.59 Å². The van der Waals surface area contributed by atoms with Crippen LogP contribution in [0.4, 0.5) is 0 Å². The van der Waals surface area contributed by atoms with E-state index >= 15 is 0 Å². The van der Waals surface area contributed by atoms with Crippen molar-refractivity contribution in [2.75, 3.05) is 6.61 Å². The number of hydrogen-bond donors (Lipinski definition) is 0. The second kappa shape index (κ2) is 8.43. The molecule has 2 amide bonds. The fourth-order valence-electron chi connectivity index (χ4n) is 4.86. The Morgan fingerprint density at radius 1 is 1.00 bits per heavy atom. The molecule has 1 aliphatic heterocycles. The molecule has 0 radical (unpaired) electrons. The van der Waals surface area contributed by atoms with E-state index in [1.807, 2.05) is 37.3 Å². The lowest BCUT2D eigenvalue weighted by molar-refractivity contribution is -0.140. The van der Waals surface area contributed by atoms with Crippen LogP contribution in [0.1, 0.15) is 24.5 Å². The summed E-state index contributed by atoms with van der Waals surface area (Å²) >= 11 is 5.93. The average Bonchev–Trinajstić information content (AvgIpc) is 3.47. The van der Waals surface area contributed by atoms with Crippen LogP contribution < -0.4 is 9.47 Å². The molecule has 164 valence electrons. The highest BCUT2D eigenvalue weighted by atomic mass is 35.5. The number of fused-ring (bicyclic) bond motifs is 5. The van der Waals surface area contributed by atoms with E-state index in [4.69, 9.17) is 21.1 Å². The molecule has 0 spiro atoms. The first kappa shape index (κ1) is 20.8. The number of carbonyl (C=O) groups excluding carboxylic acids is 2. The van der Waals surface area contributed by atoms with E-state index in [-0.39, 0.29) is 35.5 Å². The summed E-state index contributed by atoms with van der Waals surface area (Å²) in [6.07, 6.45) is 6.57. The normalized spacial score (nSPS) is 25.8. The molecule has 1 heterocycles. The Morgan fingerprint density at radius 3 is 2.34 bits per heavy atom. The Bertz CT molecular complexity index is 1080. The monoisotopic (exact) mass is 450 g/mol. The maximum atomic E-state index is 12.8. The average molecular weight is 451 g/mol. The third kappa shape index (κ3) is 3.69. The number of hydrogen-bond acceptors (Lipinski definition) is 5. The summed E-state index contributed by atoms with van der Waals surface area (Å²) in [7, 11) is 0. The topological polar surface area (TPSA) is 68.2 Å². The van der Waals surface area contributed by atoms with Gasteiger partial charge in [0.25, 0.3) is 11.8 Å². The molecule has 7 heteroatoms. The zero-order valence-electron chi connectivity index (χ0n) is 17.6. The van der Waals surface area contributed by atoms with Crippen molar-refractivity contribution in [1.29, 1.82) is 0 Å². The van der Waals surface area contributed by atoms with Crippen LogP contribution in [0.3, 0.4) is 0 Å². The largest absolute Gasteiger partial charge is 0.490 e. The van der Waals surface area contributed by atoms with Crippen LogP contribution in [-0.4, -0.2) is 29.6 Å². The highest BCUT2D eigenvalue weighted by Gasteiger charge is 2.59. The lowest BCUT2D eigenvalue weighted by atomic mass is 9.85. The Morgan fingerprint density at radius 2 is 1.69 bits per heavy atom. The van der Waals surface area contributed by atoms with Crippen molar-refractivity contribution >= 4 is 29.6 Å². The lowest BCUT2D eigenvalue weighted by Crippen LogP contribution is -2.28. The number of hydrazone groups is 1. The van der Waals surface area contributed by atoms with Crippen molar-refractivity contribution in [2.24, 2.45) is 28.8 Å². The van der Waals surface area contributed by atoms with Gasteiger partial charge in [0, 0.05) is 5.02 Å². The maximum absolute atomic E-state index is 12.8. The van der Waals surface area contributed by atoms with Gasteiger partial charge in [0.15, 0.2) is 11.5 Å². The Balaban J connectivity index is 1.30. The molecule has 3 aliphatic rings. The third-order valence-corrected chi connectivity index (χ3v) is 6.60. The van der Waals surface area contributed by atoms with Crippen LogP contribution in [0, 0.1) is 23.7 Å². The minimum atomic E-state index is -0.253. The molecule has 2 fully saturated rings. The van der Waals surface area contributed by atoms with Gasteiger partial charge in [-0.3, -0.25) is 9.59 Å². The summed E-state index contributed by atoms with van der Waals surface area (Å²) in [5, 5.41) is 5.96. The quantitative estimate of drug-likeness (QED) is 0.355. The van der Waals surface area contributed by atoms with Gasteiger partial charge in [0.1, 0.15) is 6.61 Å². The van der Waals surface area contributed by atoms with E-state index < -0.39 is 0 Å². The minimum Gasteiger partial charge on any atom is -0.490 e. The van der Waals surface area contributed by atoms with E-state index in [0.717, 1.165) is 17.0 Å². The second-order valence-corrected chi connectivity index (χ2v) is 8.72.